The number of likely N-dealkylation sites (N-methyl/N-ethyl adjacent to an activating group) is 1. The Labute approximate surface area is 120 Å². The van der Waals surface area contributed by atoms with Gasteiger partial charge in [-0.3, -0.25) is 9.59 Å². The van der Waals surface area contributed by atoms with Crippen molar-refractivity contribution in [2.45, 2.75) is 31.8 Å². The molecule has 6 nitrogen and oxygen atoms in total. The minimum atomic E-state index is -0.458. The third kappa shape index (κ3) is 4.18. The second kappa shape index (κ2) is 7.04. The molecule has 1 heterocycles. The van der Waals surface area contributed by atoms with Crippen LogP contribution in [0.4, 0.5) is 0 Å². The van der Waals surface area contributed by atoms with Crippen LogP contribution in [0.15, 0.2) is 0 Å². The molecule has 1 saturated heterocycles. The maximum Gasteiger partial charge on any atom is 0.237 e. The molecule has 2 amide bonds. The van der Waals surface area contributed by atoms with Crippen LogP contribution in [0.25, 0.3) is 0 Å². The van der Waals surface area contributed by atoms with Gasteiger partial charge in [0.15, 0.2) is 0 Å². The molecule has 2 N–H and O–H groups in total. The molecule has 1 aliphatic heterocycles. The number of rotatable bonds is 5. The maximum atomic E-state index is 12.5. The van der Waals surface area contributed by atoms with E-state index in [1.54, 1.807) is 4.90 Å². The molecular weight excluding hydrogens is 258 g/mol. The number of nitrogens with two attached hydrogens (primary N) is 1. The van der Waals surface area contributed by atoms with Crippen molar-refractivity contribution < 1.29 is 14.3 Å². The third-order valence-corrected chi connectivity index (χ3v) is 4.13. The first-order valence-corrected chi connectivity index (χ1v) is 7.43. The number of carbonyl (C=O) groups excluding carboxylic acids is 2. The topological polar surface area (TPSA) is 75.9 Å². The quantitative estimate of drug-likeness (QED) is 0.759. The molecule has 1 saturated carbocycles. The van der Waals surface area contributed by atoms with Gasteiger partial charge in [-0.2, -0.15) is 0 Å². The first-order chi connectivity index (χ1) is 9.56. The van der Waals surface area contributed by atoms with Gasteiger partial charge < -0.3 is 20.3 Å². The summed E-state index contributed by atoms with van der Waals surface area (Å²) in [6.45, 7) is 2.82. The van der Waals surface area contributed by atoms with E-state index in [1.807, 2.05) is 7.05 Å². The van der Waals surface area contributed by atoms with Crippen molar-refractivity contribution in [3.05, 3.63) is 0 Å². The minimum Gasteiger partial charge on any atom is -0.374 e. The van der Waals surface area contributed by atoms with Crippen molar-refractivity contribution in [1.82, 2.24) is 9.80 Å². The number of primary amides is 1. The summed E-state index contributed by atoms with van der Waals surface area (Å²) in [5.41, 5.74) is 5.28. The van der Waals surface area contributed by atoms with Gasteiger partial charge >= 0.3 is 0 Å². The predicted octanol–water partition coefficient (Wildman–Crippen LogP) is -0.179. The molecule has 0 unspecified atom stereocenters. The van der Waals surface area contributed by atoms with Gasteiger partial charge in [0.05, 0.1) is 19.3 Å². The number of nitrogens with zero attached hydrogens (tertiary/aromatic N) is 2. The van der Waals surface area contributed by atoms with Gasteiger partial charge in [-0.15, -0.1) is 0 Å². The molecule has 0 aromatic heterocycles. The van der Waals surface area contributed by atoms with Crippen molar-refractivity contribution in [1.29, 1.82) is 0 Å². The van der Waals surface area contributed by atoms with Crippen LogP contribution in [-0.4, -0.2) is 67.6 Å². The zero-order valence-corrected chi connectivity index (χ0v) is 12.2. The molecule has 1 aliphatic carbocycles. The van der Waals surface area contributed by atoms with Crippen molar-refractivity contribution >= 4 is 11.8 Å². The van der Waals surface area contributed by atoms with Crippen LogP contribution in [-0.2, 0) is 14.3 Å². The zero-order valence-electron chi connectivity index (χ0n) is 12.2. The van der Waals surface area contributed by atoms with Crippen LogP contribution in [0.2, 0.25) is 0 Å². The summed E-state index contributed by atoms with van der Waals surface area (Å²) in [6, 6.07) is 0. The Balaban J connectivity index is 1.95. The second-order valence-electron chi connectivity index (χ2n) is 5.92. The standard InChI is InChI=1S/C14H25N3O3/c1-16-6-7-20-12(8-16)9-17(10-13(15)18)14(19)11-4-2-3-5-11/h11-12H,2-10H2,1H3,(H2,15,18)/t12-/m1/s1. The van der Waals surface area contributed by atoms with E-state index in [0.717, 1.165) is 38.8 Å². The maximum absolute atomic E-state index is 12.5. The molecule has 114 valence electrons. The van der Waals surface area contributed by atoms with E-state index in [-0.39, 0.29) is 24.5 Å². The second-order valence-corrected chi connectivity index (χ2v) is 5.92. The summed E-state index contributed by atoms with van der Waals surface area (Å²) >= 11 is 0. The highest BCUT2D eigenvalue weighted by Gasteiger charge is 2.30. The van der Waals surface area contributed by atoms with Crippen LogP contribution in [0, 0.1) is 5.92 Å². The monoisotopic (exact) mass is 283 g/mol. The van der Waals surface area contributed by atoms with Gasteiger partial charge in [0.1, 0.15) is 0 Å². The molecule has 2 aliphatic rings. The van der Waals surface area contributed by atoms with Crippen LogP contribution in [0.3, 0.4) is 0 Å². The molecule has 1 atom stereocenters. The molecule has 6 heteroatoms. The smallest absolute Gasteiger partial charge is 0.237 e. The van der Waals surface area contributed by atoms with Crippen LogP contribution in [0.1, 0.15) is 25.7 Å². The number of hydrogen-bond donors (Lipinski definition) is 1. The highest BCUT2D eigenvalue weighted by atomic mass is 16.5. The average molecular weight is 283 g/mol. The Morgan fingerprint density at radius 1 is 1.35 bits per heavy atom. The Morgan fingerprint density at radius 3 is 2.65 bits per heavy atom. The number of carbonyl (C=O) groups is 2. The molecule has 0 aromatic carbocycles. The van der Waals surface area contributed by atoms with E-state index in [1.165, 1.54) is 0 Å². The van der Waals surface area contributed by atoms with Crippen LogP contribution in [0.5, 0.6) is 0 Å². The molecule has 0 radical (unpaired) electrons. The van der Waals surface area contributed by atoms with Crippen molar-refractivity contribution in [2.24, 2.45) is 11.7 Å². The molecular formula is C14H25N3O3. The first kappa shape index (κ1) is 15.3. The van der Waals surface area contributed by atoms with Gasteiger partial charge in [-0.25, -0.2) is 0 Å². The Bertz CT molecular complexity index is 356. The van der Waals surface area contributed by atoms with E-state index in [2.05, 4.69) is 4.90 Å². The van der Waals surface area contributed by atoms with Gasteiger partial charge in [-0.1, -0.05) is 12.8 Å². The molecule has 2 rings (SSSR count). The molecule has 2 fully saturated rings. The van der Waals surface area contributed by atoms with E-state index < -0.39 is 5.91 Å². The molecule has 20 heavy (non-hydrogen) atoms. The summed E-state index contributed by atoms with van der Waals surface area (Å²) < 4.78 is 5.69. The fraction of sp³-hybridized carbons (Fsp3) is 0.857. The third-order valence-electron chi connectivity index (χ3n) is 4.13. The summed E-state index contributed by atoms with van der Waals surface area (Å²) in [4.78, 5) is 27.5. The minimum absolute atomic E-state index is 0.00108. The Kier molecular flexibility index (Phi) is 5.37. The first-order valence-electron chi connectivity index (χ1n) is 7.43. The number of amides is 2. The lowest BCUT2D eigenvalue weighted by atomic mass is 10.1. The molecule has 0 spiro atoms. The van der Waals surface area contributed by atoms with Gasteiger partial charge in [0.2, 0.25) is 11.8 Å². The number of hydrogen-bond acceptors (Lipinski definition) is 4. The average Bonchev–Trinajstić information content (AvgIpc) is 2.90. The van der Waals surface area contributed by atoms with Crippen molar-refractivity contribution in [3.8, 4) is 0 Å². The summed E-state index contributed by atoms with van der Waals surface area (Å²) in [5, 5.41) is 0. The summed E-state index contributed by atoms with van der Waals surface area (Å²) in [5.74, 6) is -0.325. The fourth-order valence-electron chi connectivity index (χ4n) is 3.07. The van der Waals surface area contributed by atoms with E-state index in [4.69, 9.17) is 10.5 Å². The lowest BCUT2D eigenvalue weighted by Crippen LogP contribution is -2.50. The van der Waals surface area contributed by atoms with Gasteiger partial charge in [0.25, 0.3) is 0 Å². The Hall–Kier alpha value is -1.14. The molecule has 0 aromatic rings. The summed E-state index contributed by atoms with van der Waals surface area (Å²) in [7, 11) is 2.03. The fourth-order valence-corrected chi connectivity index (χ4v) is 3.07. The van der Waals surface area contributed by atoms with E-state index >= 15 is 0 Å². The van der Waals surface area contributed by atoms with Crippen molar-refractivity contribution in [2.75, 3.05) is 39.8 Å². The van der Waals surface area contributed by atoms with Crippen molar-refractivity contribution in [3.63, 3.8) is 0 Å². The van der Waals surface area contributed by atoms with Gasteiger partial charge in [0, 0.05) is 25.6 Å². The van der Waals surface area contributed by atoms with Gasteiger partial charge in [-0.05, 0) is 19.9 Å². The SMILES string of the molecule is CN1CCO[C@@H](CN(CC(N)=O)C(=O)C2CCCC2)C1. The number of morpholine rings is 1. The highest BCUT2D eigenvalue weighted by molar-refractivity contribution is 5.85. The van der Waals surface area contributed by atoms with Crippen LogP contribution < -0.4 is 5.73 Å². The van der Waals surface area contributed by atoms with E-state index in [9.17, 15) is 9.59 Å². The summed E-state index contributed by atoms with van der Waals surface area (Å²) in [6.07, 6.45) is 4.03. The zero-order chi connectivity index (χ0) is 14.5. The lowest BCUT2D eigenvalue weighted by molar-refractivity contribution is -0.141. The Morgan fingerprint density at radius 2 is 2.05 bits per heavy atom. The number of ether oxygens (including phenoxy) is 1. The predicted molar refractivity (Wildman–Crippen MR) is 75.0 cm³/mol. The molecule has 0 bridgehead atoms. The lowest BCUT2D eigenvalue weighted by Gasteiger charge is -2.34. The largest absolute Gasteiger partial charge is 0.374 e. The van der Waals surface area contributed by atoms with E-state index in [0.29, 0.717) is 13.2 Å². The normalized spacial score (nSPS) is 24.8. The highest BCUT2D eigenvalue weighted by Crippen LogP contribution is 2.26. The van der Waals surface area contributed by atoms with Crippen LogP contribution >= 0.6 is 0 Å².